The Morgan fingerprint density at radius 1 is 1.22 bits per heavy atom. The zero-order chi connectivity index (χ0) is 19.3. The highest BCUT2D eigenvalue weighted by Gasteiger charge is 2.40. The Labute approximate surface area is 153 Å². The first-order chi connectivity index (χ1) is 12.7. The summed E-state index contributed by atoms with van der Waals surface area (Å²) in [5.74, 6) is -1.31. The fourth-order valence-corrected chi connectivity index (χ4v) is 4.43. The average Bonchev–Trinajstić information content (AvgIpc) is 2.98. The lowest BCUT2D eigenvalue weighted by Crippen LogP contribution is -2.43. The first kappa shape index (κ1) is 18.3. The highest BCUT2D eigenvalue weighted by molar-refractivity contribution is 6.04. The second-order valence-electron chi connectivity index (χ2n) is 7.50. The number of benzene rings is 1. The van der Waals surface area contributed by atoms with Crippen LogP contribution in [0, 0.1) is 5.82 Å². The number of fused-ring (bicyclic) bond motifs is 3. The molecule has 0 spiro atoms. The monoisotopic (exact) mass is 384 g/mol. The van der Waals surface area contributed by atoms with Gasteiger partial charge < -0.3 is 14.2 Å². The van der Waals surface area contributed by atoms with Gasteiger partial charge in [-0.2, -0.15) is 13.2 Å². The number of carbonyl (C=O) groups is 1. The van der Waals surface area contributed by atoms with E-state index in [9.17, 15) is 22.4 Å². The summed E-state index contributed by atoms with van der Waals surface area (Å²) >= 11 is 0. The van der Waals surface area contributed by atoms with E-state index in [1.54, 1.807) is 0 Å². The Balaban J connectivity index is 1.61. The number of halogens is 4. The minimum atomic E-state index is -4.45. The van der Waals surface area contributed by atoms with E-state index in [0.717, 1.165) is 35.7 Å². The van der Waals surface area contributed by atoms with Crippen LogP contribution in [0.25, 0.3) is 10.9 Å². The van der Waals surface area contributed by atoms with Gasteiger partial charge in [-0.05, 0) is 38.1 Å². The molecule has 4 nitrogen and oxygen atoms in total. The van der Waals surface area contributed by atoms with Crippen molar-refractivity contribution in [2.45, 2.75) is 56.6 Å². The van der Waals surface area contributed by atoms with Crippen molar-refractivity contribution in [1.29, 1.82) is 0 Å². The van der Waals surface area contributed by atoms with Crippen molar-refractivity contribution in [1.82, 2.24) is 9.47 Å². The maximum Gasteiger partial charge on any atom is 0.406 e. The zero-order valence-electron chi connectivity index (χ0n) is 14.8. The summed E-state index contributed by atoms with van der Waals surface area (Å²) in [6.07, 6.45) is -0.0436. The molecule has 0 N–H and O–H groups in total. The van der Waals surface area contributed by atoms with Gasteiger partial charge in [-0.1, -0.05) is 0 Å². The summed E-state index contributed by atoms with van der Waals surface area (Å²) < 4.78 is 58.7. The molecule has 146 valence electrons. The molecule has 1 aromatic carbocycles. The van der Waals surface area contributed by atoms with Gasteiger partial charge in [0.2, 0.25) is 0 Å². The average molecular weight is 384 g/mol. The highest BCUT2D eigenvalue weighted by atomic mass is 19.4. The number of hydrogen-bond acceptors (Lipinski definition) is 3. The van der Waals surface area contributed by atoms with Gasteiger partial charge in [0.05, 0.1) is 5.56 Å². The summed E-state index contributed by atoms with van der Waals surface area (Å²) in [4.78, 5) is 15.0. The van der Waals surface area contributed by atoms with Gasteiger partial charge in [-0.25, -0.2) is 9.18 Å². The van der Waals surface area contributed by atoms with Gasteiger partial charge in [-0.3, -0.25) is 0 Å². The topological polar surface area (TPSA) is 34.5 Å². The highest BCUT2D eigenvalue weighted by Crippen LogP contribution is 2.36. The van der Waals surface area contributed by atoms with Crippen molar-refractivity contribution in [3.8, 4) is 0 Å². The van der Waals surface area contributed by atoms with Crippen LogP contribution in [0.4, 0.5) is 17.6 Å². The van der Waals surface area contributed by atoms with Crippen LogP contribution in [0.2, 0.25) is 0 Å². The fraction of sp³-hybridized carbons (Fsp3) is 0.526. The maximum absolute atomic E-state index is 13.7. The standard InChI is InChI=1S/C19H20F4N2O2/c1-24-12-3-4-13(24)8-14(7-12)27-18(26)16-9-25(10-19(21,22)23)17-5-2-11(20)6-15(16)17/h2,5-6,9,12-14H,3-4,7-8,10H2,1H3/t12-,13+,14?. The molecule has 0 radical (unpaired) electrons. The van der Waals surface area contributed by atoms with Crippen LogP contribution in [-0.4, -0.2) is 46.8 Å². The molecule has 3 atom stereocenters. The third-order valence-electron chi connectivity index (χ3n) is 5.74. The van der Waals surface area contributed by atoms with Crippen LogP contribution in [0.3, 0.4) is 0 Å². The van der Waals surface area contributed by atoms with Crippen LogP contribution < -0.4 is 0 Å². The third kappa shape index (κ3) is 3.54. The normalized spacial score (nSPS) is 25.9. The molecule has 0 saturated carbocycles. The van der Waals surface area contributed by atoms with E-state index in [2.05, 4.69) is 11.9 Å². The zero-order valence-corrected chi connectivity index (χ0v) is 14.8. The van der Waals surface area contributed by atoms with E-state index in [1.807, 2.05) is 0 Å². The molecule has 1 unspecified atom stereocenters. The number of alkyl halides is 3. The number of nitrogens with zero attached hydrogens (tertiary/aromatic N) is 2. The molecular formula is C19H20F4N2O2. The first-order valence-corrected chi connectivity index (χ1v) is 8.99. The fourth-order valence-electron chi connectivity index (χ4n) is 4.43. The van der Waals surface area contributed by atoms with E-state index in [0.29, 0.717) is 24.9 Å². The molecule has 0 amide bonds. The Morgan fingerprint density at radius 2 is 1.89 bits per heavy atom. The summed E-state index contributed by atoms with van der Waals surface area (Å²) in [7, 11) is 2.06. The summed E-state index contributed by atoms with van der Waals surface area (Å²) in [6, 6.07) is 4.15. The summed E-state index contributed by atoms with van der Waals surface area (Å²) in [5.41, 5.74) is 0.129. The smallest absolute Gasteiger partial charge is 0.406 e. The quantitative estimate of drug-likeness (QED) is 0.590. The molecule has 4 rings (SSSR count). The number of hydrogen-bond donors (Lipinski definition) is 0. The van der Waals surface area contributed by atoms with Gasteiger partial charge in [0, 0.05) is 42.0 Å². The number of ether oxygens (including phenoxy) is 1. The van der Waals surface area contributed by atoms with Crippen molar-refractivity contribution < 1.29 is 27.1 Å². The van der Waals surface area contributed by atoms with Crippen molar-refractivity contribution in [3.05, 3.63) is 35.8 Å². The predicted molar refractivity (Wildman–Crippen MR) is 91.0 cm³/mol. The number of rotatable bonds is 3. The largest absolute Gasteiger partial charge is 0.459 e. The van der Waals surface area contributed by atoms with Crippen molar-refractivity contribution in [3.63, 3.8) is 0 Å². The molecule has 2 aliphatic rings. The molecule has 2 saturated heterocycles. The summed E-state index contributed by atoms with van der Waals surface area (Å²) in [5, 5.41) is 0.139. The van der Waals surface area contributed by atoms with Crippen molar-refractivity contribution >= 4 is 16.9 Å². The Kier molecular flexibility index (Phi) is 4.41. The van der Waals surface area contributed by atoms with Gasteiger partial charge in [0.15, 0.2) is 0 Å². The lowest BCUT2D eigenvalue weighted by Gasteiger charge is -2.35. The molecule has 2 fully saturated rings. The minimum Gasteiger partial charge on any atom is -0.459 e. The Hall–Kier alpha value is -2.09. The van der Waals surface area contributed by atoms with Crippen molar-refractivity contribution in [2.24, 2.45) is 0 Å². The molecule has 2 aliphatic heterocycles. The molecule has 0 aliphatic carbocycles. The molecule has 2 aromatic rings. The van der Waals surface area contributed by atoms with E-state index >= 15 is 0 Å². The van der Waals surface area contributed by atoms with Crippen LogP contribution in [-0.2, 0) is 11.3 Å². The van der Waals surface area contributed by atoms with Gasteiger partial charge in [-0.15, -0.1) is 0 Å². The second kappa shape index (κ2) is 6.51. The predicted octanol–water partition coefficient (Wildman–Crippen LogP) is 4.12. The minimum absolute atomic E-state index is 0.0278. The second-order valence-corrected chi connectivity index (χ2v) is 7.50. The molecule has 8 heteroatoms. The van der Waals surface area contributed by atoms with E-state index in [1.165, 1.54) is 6.07 Å². The molecule has 2 bridgehead atoms. The third-order valence-corrected chi connectivity index (χ3v) is 5.74. The number of aromatic nitrogens is 1. The lowest BCUT2D eigenvalue weighted by atomic mass is 10.0. The number of esters is 1. The van der Waals surface area contributed by atoms with Gasteiger partial charge in [0.1, 0.15) is 18.5 Å². The molecule has 3 heterocycles. The van der Waals surface area contributed by atoms with Crippen LogP contribution >= 0.6 is 0 Å². The van der Waals surface area contributed by atoms with Crippen LogP contribution in [0.15, 0.2) is 24.4 Å². The number of carbonyl (C=O) groups excluding carboxylic acids is 1. The molecule has 27 heavy (non-hydrogen) atoms. The molecule has 1 aromatic heterocycles. The summed E-state index contributed by atoms with van der Waals surface area (Å²) in [6.45, 7) is -1.25. The Morgan fingerprint density at radius 3 is 2.52 bits per heavy atom. The van der Waals surface area contributed by atoms with E-state index < -0.39 is 24.5 Å². The van der Waals surface area contributed by atoms with E-state index in [4.69, 9.17) is 4.74 Å². The SMILES string of the molecule is CN1[C@@H]2CC[C@H]1CC(OC(=O)c1cn(CC(F)(F)F)c3ccc(F)cc13)C2. The van der Waals surface area contributed by atoms with Gasteiger partial charge in [0.25, 0.3) is 0 Å². The van der Waals surface area contributed by atoms with E-state index in [-0.39, 0.29) is 22.6 Å². The van der Waals surface area contributed by atoms with Gasteiger partial charge >= 0.3 is 12.1 Å². The van der Waals surface area contributed by atoms with Crippen LogP contribution in [0.5, 0.6) is 0 Å². The number of piperidine rings is 1. The maximum atomic E-state index is 13.7. The lowest BCUT2D eigenvalue weighted by molar-refractivity contribution is -0.139. The van der Waals surface area contributed by atoms with Crippen LogP contribution in [0.1, 0.15) is 36.0 Å². The first-order valence-electron chi connectivity index (χ1n) is 8.99. The molecular weight excluding hydrogens is 364 g/mol. The Bertz CT molecular complexity index is 862. The van der Waals surface area contributed by atoms with Crippen molar-refractivity contribution in [2.75, 3.05) is 7.05 Å².